The molecule has 2 amide bonds. The number of carbonyl (C=O) groups is 2. The second-order valence-electron chi connectivity index (χ2n) is 6.29. The number of hydrogen-bond acceptors (Lipinski definition) is 3. The van der Waals surface area contributed by atoms with E-state index in [2.05, 4.69) is 10.3 Å². The summed E-state index contributed by atoms with van der Waals surface area (Å²) in [5, 5.41) is 2.98. The fourth-order valence-electron chi connectivity index (χ4n) is 3.22. The van der Waals surface area contributed by atoms with Crippen LogP contribution in [0.2, 0.25) is 0 Å². The highest BCUT2D eigenvalue weighted by Gasteiger charge is 2.26. The molecule has 0 saturated carbocycles. The van der Waals surface area contributed by atoms with Gasteiger partial charge in [-0.25, -0.2) is 0 Å². The summed E-state index contributed by atoms with van der Waals surface area (Å²) < 4.78 is 0. The average molecular weight is 337 g/mol. The fourth-order valence-corrected chi connectivity index (χ4v) is 3.22. The van der Waals surface area contributed by atoms with E-state index in [9.17, 15) is 9.59 Å². The predicted molar refractivity (Wildman–Crippen MR) is 98.8 cm³/mol. The van der Waals surface area contributed by atoms with Crippen molar-refractivity contribution in [1.82, 2.24) is 4.98 Å². The lowest BCUT2D eigenvalue weighted by molar-refractivity contribution is -0.120. The number of benzene rings is 1. The van der Waals surface area contributed by atoms with Crippen molar-refractivity contribution >= 4 is 23.2 Å². The Hall–Kier alpha value is -2.69. The first-order valence-corrected chi connectivity index (χ1v) is 8.79. The molecular formula is C20H23N3O2. The van der Waals surface area contributed by atoms with Crippen molar-refractivity contribution in [2.24, 2.45) is 5.92 Å². The van der Waals surface area contributed by atoms with Crippen molar-refractivity contribution in [1.29, 1.82) is 0 Å². The molecular weight excluding hydrogens is 314 g/mol. The molecule has 0 saturated heterocycles. The molecule has 0 atom stereocenters. The van der Waals surface area contributed by atoms with E-state index < -0.39 is 0 Å². The van der Waals surface area contributed by atoms with E-state index >= 15 is 0 Å². The van der Waals surface area contributed by atoms with Crippen molar-refractivity contribution in [2.45, 2.75) is 33.1 Å². The van der Waals surface area contributed by atoms with Crippen molar-refractivity contribution in [3.05, 3.63) is 53.9 Å². The van der Waals surface area contributed by atoms with Gasteiger partial charge in [-0.15, -0.1) is 0 Å². The van der Waals surface area contributed by atoms with Gasteiger partial charge in [0.15, 0.2) is 0 Å². The zero-order chi connectivity index (χ0) is 17.8. The Balaban J connectivity index is 1.82. The van der Waals surface area contributed by atoms with E-state index in [1.54, 1.807) is 29.4 Å². The van der Waals surface area contributed by atoms with Crippen LogP contribution in [0.1, 0.15) is 42.6 Å². The molecule has 1 aliphatic heterocycles. The quantitative estimate of drug-likeness (QED) is 0.906. The summed E-state index contributed by atoms with van der Waals surface area (Å²) >= 11 is 0. The molecule has 1 N–H and O–H groups in total. The van der Waals surface area contributed by atoms with Gasteiger partial charge in [-0.2, -0.15) is 0 Å². The molecule has 0 spiro atoms. The third kappa shape index (κ3) is 3.55. The van der Waals surface area contributed by atoms with Crippen LogP contribution in [-0.4, -0.2) is 23.3 Å². The van der Waals surface area contributed by atoms with Crippen LogP contribution in [0.3, 0.4) is 0 Å². The minimum atomic E-state index is -0.0599. The molecule has 130 valence electrons. The number of rotatable bonds is 5. The van der Waals surface area contributed by atoms with E-state index in [1.165, 1.54) is 0 Å². The van der Waals surface area contributed by atoms with Crippen LogP contribution in [0.25, 0.3) is 0 Å². The topological polar surface area (TPSA) is 62.3 Å². The molecule has 25 heavy (non-hydrogen) atoms. The number of aromatic nitrogens is 1. The number of amides is 2. The summed E-state index contributed by atoms with van der Waals surface area (Å²) in [5.41, 5.74) is 3.30. The fraction of sp³-hybridized carbons (Fsp3) is 0.350. The monoisotopic (exact) mass is 337 g/mol. The van der Waals surface area contributed by atoms with Crippen LogP contribution in [0.4, 0.5) is 11.4 Å². The van der Waals surface area contributed by atoms with Crippen LogP contribution in [0.5, 0.6) is 0 Å². The minimum Gasteiger partial charge on any atom is -0.326 e. The van der Waals surface area contributed by atoms with Gasteiger partial charge in [-0.3, -0.25) is 14.6 Å². The number of fused-ring (bicyclic) bond motifs is 1. The van der Waals surface area contributed by atoms with E-state index in [0.29, 0.717) is 12.1 Å². The Morgan fingerprint density at radius 3 is 2.72 bits per heavy atom. The maximum atomic E-state index is 12.7. The van der Waals surface area contributed by atoms with Gasteiger partial charge in [-0.1, -0.05) is 19.9 Å². The molecule has 5 nitrogen and oxygen atoms in total. The van der Waals surface area contributed by atoms with Crippen molar-refractivity contribution < 1.29 is 9.59 Å². The van der Waals surface area contributed by atoms with Crippen molar-refractivity contribution in [3.63, 3.8) is 0 Å². The van der Waals surface area contributed by atoms with Gasteiger partial charge in [0.05, 0.1) is 5.56 Å². The third-order valence-electron chi connectivity index (χ3n) is 4.76. The van der Waals surface area contributed by atoms with Crippen LogP contribution in [-0.2, 0) is 11.2 Å². The number of anilines is 2. The molecule has 0 fully saturated rings. The Kier molecular flexibility index (Phi) is 5.12. The maximum absolute atomic E-state index is 12.7. The third-order valence-corrected chi connectivity index (χ3v) is 4.76. The summed E-state index contributed by atoms with van der Waals surface area (Å²) in [6.07, 6.45) is 5.69. The Morgan fingerprint density at radius 1 is 1.24 bits per heavy atom. The predicted octanol–water partition coefficient (Wildman–Crippen LogP) is 3.66. The first kappa shape index (κ1) is 17.1. The maximum Gasteiger partial charge on any atom is 0.259 e. The Labute approximate surface area is 148 Å². The van der Waals surface area contributed by atoms with Crippen LogP contribution < -0.4 is 10.2 Å². The summed E-state index contributed by atoms with van der Waals surface area (Å²) in [6, 6.07) is 9.34. The number of pyridine rings is 1. The minimum absolute atomic E-state index is 0.0152. The molecule has 0 unspecified atom stereocenters. The molecule has 0 bridgehead atoms. The highest BCUT2D eigenvalue weighted by Crippen LogP contribution is 2.32. The second-order valence-corrected chi connectivity index (χ2v) is 6.29. The molecule has 1 aromatic carbocycles. The average Bonchev–Trinajstić information content (AvgIpc) is 3.06. The van der Waals surface area contributed by atoms with Gasteiger partial charge in [-0.05, 0) is 49.1 Å². The lowest BCUT2D eigenvalue weighted by atomic mass is 10.0. The molecule has 5 heteroatoms. The van der Waals surface area contributed by atoms with Gasteiger partial charge in [0.25, 0.3) is 5.91 Å². The summed E-state index contributed by atoms with van der Waals surface area (Å²) in [7, 11) is 0. The first-order valence-electron chi connectivity index (χ1n) is 8.79. The lowest BCUT2D eigenvalue weighted by Gasteiger charge is -2.19. The summed E-state index contributed by atoms with van der Waals surface area (Å²) in [6.45, 7) is 4.68. The molecule has 0 radical (unpaired) electrons. The van der Waals surface area contributed by atoms with E-state index in [1.807, 2.05) is 32.0 Å². The zero-order valence-corrected chi connectivity index (χ0v) is 14.7. The Morgan fingerprint density at radius 2 is 2.04 bits per heavy atom. The van der Waals surface area contributed by atoms with Gasteiger partial charge in [0.2, 0.25) is 5.91 Å². The largest absolute Gasteiger partial charge is 0.326 e. The Bertz CT molecular complexity index is 770. The number of hydrogen-bond donors (Lipinski definition) is 1. The standard InChI is InChI=1S/C20H23N3O2/c1-3-14(4-2)19(24)22-17-8-7-15-9-11-23(18(15)12-17)20(25)16-6-5-10-21-13-16/h5-8,10,12-14H,3-4,9,11H2,1-2H3,(H,22,24). The van der Waals surface area contributed by atoms with Crippen LogP contribution in [0, 0.1) is 5.92 Å². The molecule has 2 aromatic rings. The smallest absolute Gasteiger partial charge is 0.259 e. The SMILES string of the molecule is CCC(CC)C(=O)Nc1ccc2c(c1)N(C(=O)c1cccnc1)CC2. The molecule has 1 aliphatic rings. The highest BCUT2D eigenvalue weighted by atomic mass is 16.2. The molecule has 0 aliphatic carbocycles. The van der Waals surface area contributed by atoms with E-state index in [-0.39, 0.29) is 17.7 Å². The summed E-state index contributed by atoms with van der Waals surface area (Å²) in [4.78, 5) is 30.8. The number of nitrogens with one attached hydrogen (secondary N) is 1. The van der Waals surface area contributed by atoms with Gasteiger partial charge >= 0.3 is 0 Å². The van der Waals surface area contributed by atoms with Crippen LogP contribution in [0.15, 0.2) is 42.7 Å². The molecule has 1 aromatic heterocycles. The van der Waals surface area contributed by atoms with E-state index in [4.69, 9.17) is 0 Å². The number of nitrogens with zero attached hydrogens (tertiary/aromatic N) is 2. The first-order chi connectivity index (χ1) is 12.1. The van der Waals surface area contributed by atoms with Crippen molar-refractivity contribution in [3.8, 4) is 0 Å². The summed E-state index contributed by atoms with van der Waals surface area (Å²) in [5.74, 6) is -0.00946. The zero-order valence-electron chi connectivity index (χ0n) is 14.7. The van der Waals surface area contributed by atoms with Crippen molar-refractivity contribution in [2.75, 3.05) is 16.8 Å². The van der Waals surface area contributed by atoms with Gasteiger partial charge in [0, 0.05) is 36.2 Å². The van der Waals surface area contributed by atoms with Gasteiger partial charge in [0.1, 0.15) is 0 Å². The lowest BCUT2D eigenvalue weighted by Crippen LogP contribution is -2.29. The normalized spacial score (nSPS) is 13.0. The molecule has 3 rings (SSSR count). The second kappa shape index (κ2) is 7.47. The van der Waals surface area contributed by atoms with E-state index in [0.717, 1.165) is 36.2 Å². The molecule has 2 heterocycles. The highest BCUT2D eigenvalue weighted by molar-refractivity contribution is 6.07. The number of carbonyl (C=O) groups excluding carboxylic acids is 2. The van der Waals surface area contributed by atoms with Gasteiger partial charge < -0.3 is 10.2 Å². The van der Waals surface area contributed by atoms with Crippen LogP contribution >= 0.6 is 0 Å².